The smallest absolute Gasteiger partial charge is 0.0586 e. The first-order chi connectivity index (χ1) is 6.59. The van der Waals surface area contributed by atoms with E-state index >= 15 is 0 Å². The van der Waals surface area contributed by atoms with Gasteiger partial charge in [-0.05, 0) is 25.8 Å². The molecule has 0 aliphatic carbocycles. The second-order valence-corrected chi connectivity index (χ2v) is 10.4. The van der Waals surface area contributed by atoms with Crippen LogP contribution in [0, 0.1) is 0 Å². The summed E-state index contributed by atoms with van der Waals surface area (Å²) in [7, 11) is -1.00. The van der Waals surface area contributed by atoms with Crippen molar-refractivity contribution in [2.75, 3.05) is 0 Å². The second kappa shape index (κ2) is 4.60. The molecule has 1 rings (SSSR count). The van der Waals surface area contributed by atoms with Gasteiger partial charge in [-0.15, -0.1) is 0 Å². The Labute approximate surface area is 90.0 Å². The van der Waals surface area contributed by atoms with E-state index in [1.54, 1.807) is 0 Å². The highest BCUT2D eigenvalue weighted by molar-refractivity contribution is 6.81. The summed E-state index contributed by atoms with van der Waals surface area (Å²) in [4.78, 5) is 4.73. The van der Waals surface area contributed by atoms with Crippen molar-refractivity contribution >= 4 is 13.8 Å². The zero-order valence-electron chi connectivity index (χ0n) is 10.4. The molecule has 0 saturated heterocycles. The van der Waals surface area contributed by atoms with E-state index in [1.807, 2.05) is 0 Å². The van der Waals surface area contributed by atoms with Gasteiger partial charge in [-0.25, -0.2) is 0 Å². The van der Waals surface area contributed by atoms with Gasteiger partial charge < -0.3 is 0 Å². The molecule has 2 atom stereocenters. The maximum absolute atomic E-state index is 4.73. The molecule has 0 unspecified atom stereocenters. The molecule has 0 aromatic carbocycles. The highest BCUT2D eigenvalue weighted by Gasteiger charge is 2.41. The molecule has 0 aromatic heterocycles. The van der Waals surface area contributed by atoms with E-state index in [0.717, 1.165) is 5.54 Å². The van der Waals surface area contributed by atoms with Crippen molar-refractivity contribution in [2.24, 2.45) is 4.99 Å². The van der Waals surface area contributed by atoms with Crippen molar-refractivity contribution < 1.29 is 0 Å². The maximum atomic E-state index is 4.73. The van der Waals surface area contributed by atoms with Gasteiger partial charge in [0.2, 0.25) is 0 Å². The molecule has 0 spiro atoms. The molecule has 1 nitrogen and oxygen atoms in total. The Morgan fingerprint density at radius 1 is 1.21 bits per heavy atom. The van der Waals surface area contributed by atoms with Crippen LogP contribution in [-0.4, -0.2) is 19.8 Å². The van der Waals surface area contributed by atoms with E-state index in [1.165, 1.54) is 30.3 Å². The quantitative estimate of drug-likeness (QED) is 0.620. The topological polar surface area (TPSA) is 12.4 Å². The van der Waals surface area contributed by atoms with Crippen LogP contribution in [0.1, 0.15) is 41.0 Å². The van der Waals surface area contributed by atoms with Gasteiger partial charge in [0.25, 0.3) is 0 Å². The van der Waals surface area contributed by atoms with Crippen LogP contribution in [-0.2, 0) is 0 Å². The molecule has 1 heterocycles. The van der Waals surface area contributed by atoms with Crippen LogP contribution in [0.25, 0.3) is 0 Å². The minimum atomic E-state index is -1.00. The molecule has 82 valence electrons. The predicted octanol–water partition coefficient (Wildman–Crippen LogP) is 4.12. The van der Waals surface area contributed by atoms with Crippen LogP contribution in [0.4, 0.5) is 0 Å². The van der Waals surface area contributed by atoms with Crippen LogP contribution >= 0.6 is 0 Å². The molecular weight excluding hydrogens is 186 g/mol. The third-order valence-corrected chi connectivity index (χ3v) is 10.9. The fourth-order valence-corrected chi connectivity index (χ4v) is 8.14. The number of aliphatic imine (C=N–C) groups is 1. The molecule has 0 N–H and O–H groups in total. The second-order valence-electron chi connectivity index (χ2n) is 4.84. The van der Waals surface area contributed by atoms with Crippen LogP contribution in [0.5, 0.6) is 0 Å². The number of hydrogen-bond acceptors (Lipinski definition) is 1. The van der Waals surface area contributed by atoms with Crippen molar-refractivity contribution in [1.82, 2.24) is 0 Å². The summed E-state index contributed by atoms with van der Waals surface area (Å²) < 4.78 is 0. The van der Waals surface area contributed by atoms with Crippen molar-refractivity contribution in [3.05, 3.63) is 0 Å². The molecule has 0 amide bonds. The predicted molar refractivity (Wildman–Crippen MR) is 68.1 cm³/mol. The summed E-state index contributed by atoms with van der Waals surface area (Å²) in [5.74, 6) is 0. The summed E-state index contributed by atoms with van der Waals surface area (Å²) in [5.41, 5.74) is 2.33. The molecule has 2 heteroatoms. The lowest BCUT2D eigenvalue weighted by Crippen LogP contribution is -2.40. The highest BCUT2D eigenvalue weighted by atomic mass is 28.3. The van der Waals surface area contributed by atoms with Crippen molar-refractivity contribution in [3.8, 4) is 0 Å². The normalized spacial score (nSPS) is 27.9. The van der Waals surface area contributed by atoms with E-state index in [0.29, 0.717) is 6.04 Å². The van der Waals surface area contributed by atoms with Gasteiger partial charge >= 0.3 is 0 Å². The summed E-state index contributed by atoms with van der Waals surface area (Å²) in [6.07, 6.45) is 1.29. The molecule has 0 radical (unpaired) electrons. The Hall–Kier alpha value is -0.113. The molecule has 0 bridgehead atoms. The largest absolute Gasteiger partial charge is 0.291 e. The van der Waals surface area contributed by atoms with Crippen LogP contribution in [0.15, 0.2) is 4.99 Å². The van der Waals surface area contributed by atoms with Crippen LogP contribution in [0.2, 0.25) is 23.7 Å². The lowest BCUT2D eigenvalue weighted by molar-refractivity contribution is 0.697. The SMILES string of the molecule is CC[Si](CC)(CC)[C@@H]1CC(C)=N[C@H]1C. The van der Waals surface area contributed by atoms with Crippen molar-refractivity contribution in [2.45, 2.75) is 70.8 Å². The van der Waals surface area contributed by atoms with Gasteiger partial charge in [-0.1, -0.05) is 38.9 Å². The minimum absolute atomic E-state index is 0.613. The van der Waals surface area contributed by atoms with E-state index in [2.05, 4.69) is 34.6 Å². The van der Waals surface area contributed by atoms with E-state index < -0.39 is 8.07 Å². The van der Waals surface area contributed by atoms with Gasteiger partial charge in [0, 0.05) is 11.8 Å². The monoisotopic (exact) mass is 211 g/mol. The van der Waals surface area contributed by atoms with Gasteiger partial charge in [0.15, 0.2) is 0 Å². The van der Waals surface area contributed by atoms with Gasteiger partial charge in [-0.2, -0.15) is 0 Å². The van der Waals surface area contributed by atoms with Crippen molar-refractivity contribution in [3.63, 3.8) is 0 Å². The standard InChI is InChI=1S/C12H25NSi/c1-6-14(7-2,8-3)12-9-10(4)13-11(12)5/h11-12H,6-9H2,1-5H3/t11-,12+/m0/s1. The first-order valence-electron chi connectivity index (χ1n) is 6.12. The summed E-state index contributed by atoms with van der Waals surface area (Å²) in [5, 5.41) is 0. The Morgan fingerprint density at radius 3 is 2.00 bits per heavy atom. The highest BCUT2D eigenvalue weighted by Crippen LogP contribution is 2.42. The average Bonchev–Trinajstić information content (AvgIpc) is 2.51. The maximum Gasteiger partial charge on any atom is 0.0586 e. The molecule has 0 saturated carbocycles. The van der Waals surface area contributed by atoms with Gasteiger partial charge in [0.1, 0.15) is 0 Å². The number of nitrogens with zero attached hydrogens (tertiary/aromatic N) is 1. The molecule has 14 heavy (non-hydrogen) atoms. The van der Waals surface area contributed by atoms with E-state index in [-0.39, 0.29) is 0 Å². The molecule has 1 aliphatic rings. The zero-order chi connectivity index (χ0) is 10.8. The Balaban J connectivity index is 2.81. The van der Waals surface area contributed by atoms with Crippen LogP contribution < -0.4 is 0 Å². The fourth-order valence-electron chi connectivity index (χ4n) is 3.24. The lowest BCUT2D eigenvalue weighted by Gasteiger charge is -2.36. The molecule has 1 aliphatic heterocycles. The molecule has 0 fully saturated rings. The summed E-state index contributed by atoms with van der Waals surface area (Å²) in [6, 6.07) is 4.94. The van der Waals surface area contributed by atoms with Gasteiger partial charge in [0.05, 0.1) is 8.07 Å². The van der Waals surface area contributed by atoms with Crippen molar-refractivity contribution in [1.29, 1.82) is 0 Å². The third kappa shape index (κ3) is 1.95. The molecule has 0 aromatic rings. The molecular formula is C12H25NSi. The fraction of sp³-hybridized carbons (Fsp3) is 0.917. The zero-order valence-corrected chi connectivity index (χ0v) is 11.4. The summed E-state index contributed by atoms with van der Waals surface area (Å²) in [6.45, 7) is 11.7. The Bertz CT molecular complexity index is 210. The summed E-state index contributed by atoms with van der Waals surface area (Å²) >= 11 is 0. The first kappa shape index (κ1) is 12.0. The first-order valence-corrected chi connectivity index (χ1v) is 8.82. The average molecular weight is 211 g/mol. The Morgan fingerprint density at radius 2 is 1.71 bits per heavy atom. The van der Waals surface area contributed by atoms with E-state index in [4.69, 9.17) is 4.99 Å². The third-order valence-electron chi connectivity index (χ3n) is 4.42. The minimum Gasteiger partial charge on any atom is -0.291 e. The van der Waals surface area contributed by atoms with E-state index in [9.17, 15) is 0 Å². The van der Waals surface area contributed by atoms with Gasteiger partial charge in [-0.3, -0.25) is 4.99 Å². The number of hydrogen-bond donors (Lipinski definition) is 0. The number of rotatable bonds is 4. The Kier molecular flexibility index (Phi) is 3.93. The van der Waals surface area contributed by atoms with Crippen LogP contribution in [0.3, 0.4) is 0 Å². The lowest BCUT2D eigenvalue weighted by atomic mass is 10.2.